The van der Waals surface area contributed by atoms with E-state index in [-0.39, 0.29) is 0 Å². The van der Waals surface area contributed by atoms with Gasteiger partial charge in [-0.3, -0.25) is 0 Å². The Balaban J connectivity index is 1.91. The van der Waals surface area contributed by atoms with Crippen molar-refractivity contribution < 1.29 is 4.74 Å². The summed E-state index contributed by atoms with van der Waals surface area (Å²) >= 11 is 0. The summed E-state index contributed by atoms with van der Waals surface area (Å²) in [6, 6.07) is 18.0. The highest BCUT2D eigenvalue weighted by atomic mass is 16.5. The Labute approximate surface area is 101 Å². The highest BCUT2D eigenvalue weighted by Gasteiger charge is 1.95. The van der Waals surface area contributed by atoms with E-state index in [0.29, 0.717) is 6.61 Å². The van der Waals surface area contributed by atoms with Crippen LogP contribution in [0.15, 0.2) is 54.6 Å². The first kappa shape index (κ1) is 11.5. The topological polar surface area (TPSA) is 33.3 Å². The summed E-state index contributed by atoms with van der Waals surface area (Å²) in [4.78, 5) is 0. The Morgan fingerprint density at radius 1 is 0.941 bits per heavy atom. The van der Waals surface area contributed by atoms with E-state index in [0.717, 1.165) is 11.4 Å². The molecule has 0 saturated heterocycles. The first-order chi connectivity index (χ1) is 8.38. The molecule has 0 unspecified atom stereocenters. The van der Waals surface area contributed by atoms with Crippen LogP contribution in [-0.4, -0.2) is 7.05 Å². The van der Waals surface area contributed by atoms with Gasteiger partial charge in [-0.1, -0.05) is 30.3 Å². The normalized spacial score (nSPS) is 9.94. The van der Waals surface area contributed by atoms with Crippen LogP contribution in [0, 0.1) is 0 Å². The second-order valence-corrected chi connectivity index (χ2v) is 3.67. The number of ether oxygens (including phenoxy) is 1. The molecule has 3 nitrogen and oxygen atoms in total. The molecule has 2 aromatic carbocycles. The smallest absolute Gasteiger partial charge is 0.119 e. The van der Waals surface area contributed by atoms with Crippen LogP contribution in [0.1, 0.15) is 5.56 Å². The maximum atomic E-state index is 5.68. The third-order valence-corrected chi connectivity index (χ3v) is 2.37. The number of rotatable bonds is 5. The van der Waals surface area contributed by atoms with E-state index in [4.69, 9.17) is 4.74 Å². The molecule has 0 aliphatic rings. The van der Waals surface area contributed by atoms with Crippen molar-refractivity contribution in [2.75, 3.05) is 12.5 Å². The Kier molecular flexibility index (Phi) is 4.00. The summed E-state index contributed by atoms with van der Waals surface area (Å²) in [5.74, 6) is 0.871. The number of hydrogen-bond donors (Lipinski definition) is 2. The van der Waals surface area contributed by atoms with Crippen molar-refractivity contribution in [3.8, 4) is 5.75 Å². The number of nitrogens with one attached hydrogen (secondary N) is 2. The van der Waals surface area contributed by atoms with Crippen LogP contribution >= 0.6 is 0 Å². The van der Waals surface area contributed by atoms with E-state index in [9.17, 15) is 0 Å². The largest absolute Gasteiger partial charge is 0.489 e. The predicted molar refractivity (Wildman–Crippen MR) is 69.9 cm³/mol. The summed E-state index contributed by atoms with van der Waals surface area (Å²) in [6.45, 7) is 0.597. The molecule has 0 amide bonds. The lowest BCUT2D eigenvalue weighted by Crippen LogP contribution is -2.14. The second kappa shape index (κ2) is 5.92. The molecular weight excluding hydrogens is 212 g/mol. The minimum atomic E-state index is 0.597. The molecule has 3 heteroatoms. The molecule has 0 saturated carbocycles. The number of hydrazine groups is 1. The molecule has 0 aromatic heterocycles. The third kappa shape index (κ3) is 3.50. The van der Waals surface area contributed by atoms with Gasteiger partial charge >= 0.3 is 0 Å². The van der Waals surface area contributed by atoms with Crippen LogP contribution in [0.5, 0.6) is 5.75 Å². The van der Waals surface area contributed by atoms with Crippen molar-refractivity contribution in [2.45, 2.75) is 6.61 Å². The third-order valence-electron chi connectivity index (χ3n) is 2.37. The Morgan fingerprint density at radius 3 is 2.29 bits per heavy atom. The van der Waals surface area contributed by atoms with E-state index in [1.165, 1.54) is 5.56 Å². The van der Waals surface area contributed by atoms with Gasteiger partial charge in [0.05, 0.1) is 0 Å². The van der Waals surface area contributed by atoms with Crippen LogP contribution in [0.2, 0.25) is 0 Å². The number of benzene rings is 2. The van der Waals surface area contributed by atoms with E-state index in [2.05, 4.69) is 23.0 Å². The zero-order chi connectivity index (χ0) is 11.9. The Morgan fingerprint density at radius 2 is 1.65 bits per heavy atom. The second-order valence-electron chi connectivity index (χ2n) is 3.67. The number of hydrogen-bond acceptors (Lipinski definition) is 3. The van der Waals surface area contributed by atoms with Crippen LogP contribution < -0.4 is 15.6 Å². The van der Waals surface area contributed by atoms with Crippen molar-refractivity contribution in [3.63, 3.8) is 0 Å². The number of anilines is 1. The molecule has 88 valence electrons. The van der Waals surface area contributed by atoms with Crippen LogP contribution in [0.25, 0.3) is 0 Å². The van der Waals surface area contributed by atoms with Gasteiger partial charge < -0.3 is 10.2 Å². The maximum Gasteiger partial charge on any atom is 0.119 e. The summed E-state index contributed by atoms with van der Waals surface area (Å²) in [5, 5.41) is 0. The van der Waals surface area contributed by atoms with Crippen molar-refractivity contribution in [3.05, 3.63) is 60.2 Å². The van der Waals surface area contributed by atoms with E-state index in [1.807, 2.05) is 49.5 Å². The van der Waals surface area contributed by atoms with Crippen LogP contribution in [-0.2, 0) is 6.61 Å². The SMILES string of the molecule is CNNc1ccc(OCc2ccccc2)cc1. The van der Waals surface area contributed by atoms with Gasteiger partial charge in [0.1, 0.15) is 12.4 Å². The molecular formula is C14H16N2O. The van der Waals surface area contributed by atoms with Gasteiger partial charge in [-0.25, -0.2) is 5.43 Å². The highest BCUT2D eigenvalue weighted by Crippen LogP contribution is 2.16. The fourth-order valence-corrected chi connectivity index (χ4v) is 1.52. The first-order valence-corrected chi connectivity index (χ1v) is 5.58. The lowest BCUT2D eigenvalue weighted by molar-refractivity contribution is 0.306. The van der Waals surface area contributed by atoms with Crippen LogP contribution in [0.4, 0.5) is 5.69 Å². The Hall–Kier alpha value is -2.00. The van der Waals surface area contributed by atoms with E-state index < -0.39 is 0 Å². The summed E-state index contributed by atoms with van der Waals surface area (Å²) < 4.78 is 5.68. The minimum Gasteiger partial charge on any atom is -0.489 e. The van der Waals surface area contributed by atoms with E-state index >= 15 is 0 Å². The summed E-state index contributed by atoms with van der Waals surface area (Å²) in [6.07, 6.45) is 0. The van der Waals surface area contributed by atoms with Gasteiger partial charge in [-0.05, 0) is 29.8 Å². The van der Waals surface area contributed by atoms with Gasteiger partial charge in [-0.2, -0.15) is 0 Å². The zero-order valence-electron chi connectivity index (χ0n) is 9.81. The monoisotopic (exact) mass is 228 g/mol. The fourth-order valence-electron chi connectivity index (χ4n) is 1.52. The average Bonchev–Trinajstić information content (AvgIpc) is 2.40. The van der Waals surface area contributed by atoms with E-state index in [1.54, 1.807) is 0 Å². The quantitative estimate of drug-likeness (QED) is 0.772. The van der Waals surface area contributed by atoms with Crippen molar-refractivity contribution in [2.24, 2.45) is 0 Å². The van der Waals surface area contributed by atoms with Crippen molar-refractivity contribution in [1.29, 1.82) is 0 Å². The molecule has 0 fully saturated rings. The molecule has 0 aliphatic carbocycles. The summed E-state index contributed by atoms with van der Waals surface area (Å²) in [7, 11) is 1.83. The first-order valence-electron chi connectivity index (χ1n) is 5.58. The average molecular weight is 228 g/mol. The molecule has 2 aromatic rings. The van der Waals surface area contributed by atoms with Gasteiger partial charge in [0.15, 0.2) is 0 Å². The van der Waals surface area contributed by atoms with Gasteiger partial charge in [0.2, 0.25) is 0 Å². The van der Waals surface area contributed by atoms with Gasteiger partial charge in [-0.15, -0.1) is 0 Å². The molecule has 2 N–H and O–H groups in total. The van der Waals surface area contributed by atoms with Crippen LogP contribution in [0.3, 0.4) is 0 Å². The molecule has 2 rings (SSSR count). The highest BCUT2D eigenvalue weighted by molar-refractivity contribution is 5.45. The Bertz CT molecular complexity index is 440. The standard InChI is InChI=1S/C14H16N2O/c1-15-16-13-7-9-14(10-8-13)17-11-12-5-3-2-4-6-12/h2-10,15-16H,11H2,1H3. The van der Waals surface area contributed by atoms with Crippen molar-refractivity contribution >= 4 is 5.69 Å². The molecule has 0 radical (unpaired) electrons. The minimum absolute atomic E-state index is 0.597. The zero-order valence-corrected chi connectivity index (χ0v) is 9.81. The molecule has 17 heavy (non-hydrogen) atoms. The molecule has 0 spiro atoms. The molecule has 0 heterocycles. The van der Waals surface area contributed by atoms with Gasteiger partial charge in [0.25, 0.3) is 0 Å². The molecule has 0 bridgehead atoms. The summed E-state index contributed by atoms with van der Waals surface area (Å²) in [5.41, 5.74) is 8.06. The lowest BCUT2D eigenvalue weighted by atomic mass is 10.2. The van der Waals surface area contributed by atoms with Gasteiger partial charge in [0, 0.05) is 12.7 Å². The van der Waals surface area contributed by atoms with Crippen molar-refractivity contribution in [1.82, 2.24) is 5.43 Å². The molecule has 0 atom stereocenters. The molecule has 0 aliphatic heterocycles. The lowest BCUT2D eigenvalue weighted by Gasteiger charge is -2.08. The predicted octanol–water partition coefficient (Wildman–Crippen LogP) is 2.81. The maximum absolute atomic E-state index is 5.68. The fraction of sp³-hybridized carbons (Fsp3) is 0.143.